The molecular weight excluding hydrogens is 407 g/mol. The summed E-state index contributed by atoms with van der Waals surface area (Å²) in [6.45, 7) is 9.62. The van der Waals surface area contributed by atoms with E-state index in [0.717, 1.165) is 57.5 Å². The maximum atomic E-state index is 14.0. The van der Waals surface area contributed by atoms with Crippen LogP contribution in [0.2, 0.25) is 0 Å². The standard InChI is InChI=1S/C23H33FN8/c1-3-30-11-13-31(14-12-30)21-15-18(6-9-26-21)16-28-23(25-2)29-19-7-10-32(17-19)22-20(24)5-4-8-27-22/h4-6,8-9,15,19H,3,7,10-14,16-17H2,1-2H3,(H2,25,28,29). The molecule has 0 aliphatic carbocycles. The highest BCUT2D eigenvalue weighted by atomic mass is 19.1. The lowest BCUT2D eigenvalue weighted by Crippen LogP contribution is -2.46. The monoisotopic (exact) mass is 440 g/mol. The Morgan fingerprint density at radius 2 is 1.97 bits per heavy atom. The first-order valence-electron chi connectivity index (χ1n) is 11.4. The smallest absolute Gasteiger partial charge is 0.191 e. The fraction of sp³-hybridized carbons (Fsp3) is 0.522. The molecule has 2 aliphatic heterocycles. The quantitative estimate of drug-likeness (QED) is 0.523. The van der Waals surface area contributed by atoms with Crippen LogP contribution in [-0.4, -0.2) is 79.7 Å². The van der Waals surface area contributed by atoms with E-state index in [1.54, 1.807) is 19.3 Å². The van der Waals surface area contributed by atoms with Crippen LogP contribution in [-0.2, 0) is 6.54 Å². The summed E-state index contributed by atoms with van der Waals surface area (Å²) in [7, 11) is 1.77. The molecule has 8 nitrogen and oxygen atoms in total. The van der Waals surface area contributed by atoms with Crippen LogP contribution in [0.15, 0.2) is 41.7 Å². The fourth-order valence-electron chi connectivity index (χ4n) is 4.29. The second kappa shape index (κ2) is 10.6. The number of rotatable bonds is 6. The molecule has 0 bridgehead atoms. The fourth-order valence-corrected chi connectivity index (χ4v) is 4.29. The van der Waals surface area contributed by atoms with Gasteiger partial charge in [0.25, 0.3) is 0 Å². The van der Waals surface area contributed by atoms with Gasteiger partial charge in [0.1, 0.15) is 5.82 Å². The Hall–Kier alpha value is -2.94. The van der Waals surface area contributed by atoms with Crippen molar-refractivity contribution in [2.24, 2.45) is 4.99 Å². The van der Waals surface area contributed by atoms with Crippen molar-refractivity contribution in [2.45, 2.75) is 25.9 Å². The van der Waals surface area contributed by atoms with Gasteiger partial charge in [-0.1, -0.05) is 6.92 Å². The highest BCUT2D eigenvalue weighted by Gasteiger charge is 2.26. The number of nitrogens with zero attached hydrogens (tertiary/aromatic N) is 6. The highest BCUT2D eigenvalue weighted by Crippen LogP contribution is 2.21. The lowest BCUT2D eigenvalue weighted by molar-refractivity contribution is 0.270. The van der Waals surface area contributed by atoms with Gasteiger partial charge in [-0.25, -0.2) is 14.4 Å². The molecule has 2 N–H and O–H groups in total. The van der Waals surface area contributed by atoms with Gasteiger partial charge in [0.2, 0.25) is 0 Å². The summed E-state index contributed by atoms with van der Waals surface area (Å²) in [5.74, 6) is 1.92. The van der Waals surface area contributed by atoms with Crippen LogP contribution in [0, 0.1) is 5.82 Å². The third-order valence-corrected chi connectivity index (χ3v) is 6.20. The lowest BCUT2D eigenvalue weighted by atomic mass is 10.2. The second-order valence-electron chi connectivity index (χ2n) is 8.25. The predicted octanol–water partition coefficient (Wildman–Crippen LogP) is 1.70. The van der Waals surface area contributed by atoms with Gasteiger partial charge < -0.3 is 25.3 Å². The number of anilines is 2. The molecular formula is C23H33FN8. The molecule has 2 saturated heterocycles. The number of hydrogen-bond acceptors (Lipinski definition) is 6. The molecule has 0 spiro atoms. The van der Waals surface area contributed by atoms with E-state index in [-0.39, 0.29) is 11.9 Å². The van der Waals surface area contributed by atoms with Crippen LogP contribution < -0.4 is 20.4 Å². The molecule has 172 valence electrons. The van der Waals surface area contributed by atoms with Crippen LogP contribution >= 0.6 is 0 Å². The molecule has 2 fully saturated rings. The Morgan fingerprint density at radius 1 is 1.12 bits per heavy atom. The molecule has 0 aromatic carbocycles. The summed E-state index contributed by atoms with van der Waals surface area (Å²) in [6.07, 6.45) is 4.41. The van der Waals surface area contributed by atoms with Gasteiger partial charge in [-0.05, 0) is 42.8 Å². The first kappa shape index (κ1) is 22.3. The number of guanidine groups is 1. The van der Waals surface area contributed by atoms with Gasteiger partial charge in [0, 0.05) is 71.3 Å². The number of nitrogens with one attached hydrogen (secondary N) is 2. The number of aromatic nitrogens is 2. The molecule has 32 heavy (non-hydrogen) atoms. The normalized spacial score (nSPS) is 20.0. The Kier molecular flexibility index (Phi) is 7.36. The number of piperazine rings is 1. The summed E-state index contributed by atoms with van der Waals surface area (Å²) >= 11 is 0. The molecule has 2 aromatic rings. The molecule has 0 radical (unpaired) electrons. The van der Waals surface area contributed by atoms with Crippen LogP contribution in [0.5, 0.6) is 0 Å². The first-order valence-corrected chi connectivity index (χ1v) is 11.4. The number of hydrogen-bond donors (Lipinski definition) is 2. The van der Waals surface area contributed by atoms with E-state index >= 15 is 0 Å². The Balaban J connectivity index is 1.28. The van der Waals surface area contributed by atoms with Gasteiger partial charge in [-0.3, -0.25) is 4.99 Å². The van der Waals surface area contributed by atoms with E-state index in [2.05, 4.69) is 48.4 Å². The van der Waals surface area contributed by atoms with Crippen molar-refractivity contribution in [3.8, 4) is 0 Å². The van der Waals surface area contributed by atoms with E-state index in [1.165, 1.54) is 11.6 Å². The minimum absolute atomic E-state index is 0.186. The largest absolute Gasteiger partial charge is 0.354 e. The Labute approximate surface area is 189 Å². The van der Waals surface area contributed by atoms with E-state index in [0.29, 0.717) is 18.9 Å². The summed E-state index contributed by atoms with van der Waals surface area (Å²) in [5, 5.41) is 6.86. The number of likely N-dealkylation sites (N-methyl/N-ethyl adjacent to an activating group) is 1. The molecule has 0 saturated carbocycles. The summed E-state index contributed by atoms with van der Waals surface area (Å²) < 4.78 is 14.0. The molecule has 2 aromatic heterocycles. The second-order valence-corrected chi connectivity index (χ2v) is 8.25. The van der Waals surface area contributed by atoms with E-state index < -0.39 is 0 Å². The summed E-state index contributed by atoms with van der Waals surface area (Å²) in [4.78, 5) is 19.9. The van der Waals surface area contributed by atoms with Crippen molar-refractivity contribution in [1.29, 1.82) is 0 Å². The zero-order valence-corrected chi connectivity index (χ0v) is 19.0. The van der Waals surface area contributed by atoms with Crippen molar-refractivity contribution in [3.05, 3.63) is 48.0 Å². The molecule has 9 heteroatoms. The Morgan fingerprint density at radius 3 is 2.72 bits per heavy atom. The van der Waals surface area contributed by atoms with Crippen molar-refractivity contribution >= 4 is 17.6 Å². The summed E-state index contributed by atoms with van der Waals surface area (Å²) in [5.41, 5.74) is 1.17. The zero-order valence-electron chi connectivity index (χ0n) is 19.0. The topological polar surface area (TPSA) is 71.9 Å². The molecule has 4 rings (SSSR count). The van der Waals surface area contributed by atoms with Crippen molar-refractivity contribution in [2.75, 3.05) is 62.7 Å². The SMILES string of the molecule is CCN1CCN(c2cc(CNC(=NC)NC3CCN(c4ncccc4F)C3)ccn2)CC1. The van der Waals surface area contributed by atoms with Crippen LogP contribution in [0.3, 0.4) is 0 Å². The average molecular weight is 441 g/mol. The van der Waals surface area contributed by atoms with Gasteiger partial charge >= 0.3 is 0 Å². The van der Waals surface area contributed by atoms with Crippen molar-refractivity contribution in [1.82, 2.24) is 25.5 Å². The van der Waals surface area contributed by atoms with Gasteiger partial charge in [0.05, 0.1) is 0 Å². The minimum Gasteiger partial charge on any atom is -0.354 e. The third kappa shape index (κ3) is 5.45. The third-order valence-electron chi connectivity index (χ3n) is 6.20. The van der Waals surface area contributed by atoms with Crippen LogP contribution in [0.4, 0.5) is 16.0 Å². The maximum absolute atomic E-state index is 14.0. The predicted molar refractivity (Wildman–Crippen MR) is 127 cm³/mol. The average Bonchev–Trinajstić information content (AvgIpc) is 3.30. The van der Waals surface area contributed by atoms with Crippen LogP contribution in [0.25, 0.3) is 0 Å². The lowest BCUT2D eigenvalue weighted by Gasteiger charge is -2.34. The first-order chi connectivity index (χ1) is 15.7. The zero-order chi connectivity index (χ0) is 22.3. The molecule has 0 amide bonds. The van der Waals surface area contributed by atoms with Crippen molar-refractivity contribution < 1.29 is 4.39 Å². The number of pyridine rings is 2. The van der Waals surface area contributed by atoms with Gasteiger partial charge in [-0.15, -0.1) is 0 Å². The van der Waals surface area contributed by atoms with E-state index in [4.69, 9.17) is 0 Å². The van der Waals surface area contributed by atoms with Gasteiger partial charge in [0.15, 0.2) is 17.6 Å². The molecule has 4 heterocycles. The highest BCUT2D eigenvalue weighted by molar-refractivity contribution is 5.80. The summed E-state index contributed by atoms with van der Waals surface area (Å²) in [6, 6.07) is 7.45. The maximum Gasteiger partial charge on any atom is 0.191 e. The van der Waals surface area contributed by atoms with E-state index in [1.807, 2.05) is 17.2 Å². The molecule has 2 aliphatic rings. The van der Waals surface area contributed by atoms with Crippen molar-refractivity contribution in [3.63, 3.8) is 0 Å². The molecule has 1 atom stereocenters. The number of halogens is 1. The minimum atomic E-state index is -0.278. The number of aliphatic imine (C=N–C) groups is 1. The Bertz CT molecular complexity index is 912. The van der Waals surface area contributed by atoms with Crippen LogP contribution in [0.1, 0.15) is 18.9 Å². The van der Waals surface area contributed by atoms with Gasteiger partial charge in [-0.2, -0.15) is 0 Å². The molecule has 1 unspecified atom stereocenters. The van der Waals surface area contributed by atoms with E-state index in [9.17, 15) is 4.39 Å².